The van der Waals surface area contributed by atoms with Crippen LogP contribution in [0.4, 0.5) is 13.2 Å². The summed E-state index contributed by atoms with van der Waals surface area (Å²) >= 11 is 0. The molecule has 5 nitrogen and oxygen atoms in total. The lowest BCUT2D eigenvalue weighted by atomic mass is 9.71. The van der Waals surface area contributed by atoms with E-state index in [1.165, 1.54) is 23.8 Å². The van der Waals surface area contributed by atoms with Crippen molar-refractivity contribution < 1.29 is 22.7 Å². The number of aromatic nitrogens is 2. The number of rotatable bonds is 6. The zero-order chi connectivity index (χ0) is 26.1. The van der Waals surface area contributed by atoms with E-state index in [9.17, 15) is 18.0 Å². The van der Waals surface area contributed by atoms with E-state index in [-0.39, 0.29) is 23.1 Å². The number of ether oxygens (including phenoxy) is 1. The van der Waals surface area contributed by atoms with Crippen molar-refractivity contribution in [3.05, 3.63) is 71.2 Å². The molecule has 36 heavy (non-hydrogen) atoms. The van der Waals surface area contributed by atoms with E-state index in [0.717, 1.165) is 31.4 Å². The van der Waals surface area contributed by atoms with Gasteiger partial charge in [0.25, 0.3) is 5.91 Å². The molecule has 0 radical (unpaired) electrons. The van der Waals surface area contributed by atoms with Crippen LogP contribution in [0.1, 0.15) is 72.8 Å². The van der Waals surface area contributed by atoms with E-state index >= 15 is 0 Å². The molecule has 1 aliphatic carbocycles. The molecule has 3 aromatic rings. The second-order valence-corrected chi connectivity index (χ2v) is 10.2. The number of H-pyrrole nitrogens is 1. The Labute approximate surface area is 209 Å². The highest BCUT2D eigenvalue weighted by Gasteiger charge is 2.36. The van der Waals surface area contributed by atoms with Crippen LogP contribution in [0, 0.1) is 19.8 Å². The van der Waals surface area contributed by atoms with Gasteiger partial charge < -0.3 is 15.0 Å². The molecule has 0 spiro atoms. The molecule has 0 aliphatic heterocycles. The third-order valence-corrected chi connectivity index (χ3v) is 7.15. The van der Waals surface area contributed by atoms with Gasteiger partial charge in [-0.25, -0.2) is 0 Å². The van der Waals surface area contributed by atoms with Gasteiger partial charge in [-0.3, -0.25) is 9.78 Å². The maximum absolute atomic E-state index is 13.4. The van der Waals surface area contributed by atoms with Gasteiger partial charge in [0.15, 0.2) is 0 Å². The number of nitrogens with zero attached hydrogens (tertiary/aromatic N) is 1. The fourth-order valence-electron chi connectivity index (χ4n) is 5.30. The molecule has 0 unspecified atom stereocenters. The standard InChI is InChI=1S/C28H32F3N3O2/c1-17-15-20(13-14-32-17)19-9-11-21(12-10-19)27(3,4)34-26(35)23-16-18(2)33-25(23)22-7-5-6-8-24(22)36-28(29,30)31/h5-8,13-16,19,21,33H,9-12H2,1-4H3,(H,34,35). The molecule has 4 rings (SSSR count). The van der Waals surface area contributed by atoms with Crippen LogP contribution in [0.5, 0.6) is 5.75 Å². The Morgan fingerprint density at radius 3 is 2.42 bits per heavy atom. The van der Waals surface area contributed by atoms with Gasteiger partial charge in [0.1, 0.15) is 5.75 Å². The fraction of sp³-hybridized carbons (Fsp3) is 0.429. The van der Waals surface area contributed by atoms with Gasteiger partial charge in [-0.2, -0.15) is 0 Å². The van der Waals surface area contributed by atoms with E-state index in [4.69, 9.17) is 0 Å². The Hall–Kier alpha value is -3.29. The second-order valence-electron chi connectivity index (χ2n) is 10.2. The maximum Gasteiger partial charge on any atom is 0.573 e. The van der Waals surface area contributed by atoms with Crippen molar-refractivity contribution in [3.63, 3.8) is 0 Å². The lowest BCUT2D eigenvalue weighted by Gasteiger charge is -2.40. The predicted molar refractivity (Wildman–Crippen MR) is 133 cm³/mol. The van der Waals surface area contributed by atoms with Gasteiger partial charge in [-0.15, -0.1) is 13.2 Å². The maximum atomic E-state index is 13.4. The minimum Gasteiger partial charge on any atom is -0.405 e. The molecule has 2 aromatic heterocycles. The number of hydrogen-bond acceptors (Lipinski definition) is 3. The zero-order valence-corrected chi connectivity index (χ0v) is 21.0. The van der Waals surface area contributed by atoms with E-state index in [0.29, 0.717) is 22.9 Å². The van der Waals surface area contributed by atoms with Crippen molar-refractivity contribution in [1.82, 2.24) is 15.3 Å². The fourth-order valence-corrected chi connectivity index (χ4v) is 5.30. The molecule has 1 aliphatic rings. The topological polar surface area (TPSA) is 67.0 Å². The smallest absolute Gasteiger partial charge is 0.405 e. The van der Waals surface area contributed by atoms with Crippen LogP contribution in [0.25, 0.3) is 11.3 Å². The third kappa shape index (κ3) is 5.91. The van der Waals surface area contributed by atoms with Crippen molar-refractivity contribution in [2.24, 2.45) is 5.92 Å². The minimum atomic E-state index is -4.84. The van der Waals surface area contributed by atoms with Crippen LogP contribution in [0.3, 0.4) is 0 Å². The summed E-state index contributed by atoms with van der Waals surface area (Å²) in [5.41, 5.74) is 3.29. The number of amides is 1. The zero-order valence-electron chi connectivity index (χ0n) is 21.0. The molecule has 2 heterocycles. The molecular formula is C28H32F3N3O2. The number of carbonyl (C=O) groups excluding carboxylic acids is 1. The number of nitrogens with one attached hydrogen (secondary N) is 2. The molecule has 0 bridgehead atoms. The molecule has 1 saturated carbocycles. The van der Waals surface area contributed by atoms with Crippen molar-refractivity contribution in [1.29, 1.82) is 0 Å². The number of halogens is 3. The van der Waals surface area contributed by atoms with Gasteiger partial charge in [-0.05, 0) is 101 Å². The molecule has 0 atom stereocenters. The van der Waals surface area contributed by atoms with Gasteiger partial charge in [-0.1, -0.05) is 12.1 Å². The average molecular weight is 500 g/mol. The Morgan fingerprint density at radius 2 is 1.75 bits per heavy atom. The lowest BCUT2D eigenvalue weighted by molar-refractivity contribution is -0.274. The molecule has 8 heteroatoms. The van der Waals surface area contributed by atoms with Crippen LogP contribution < -0.4 is 10.1 Å². The Kier molecular flexibility index (Phi) is 7.16. The quantitative estimate of drug-likeness (QED) is 0.381. The number of aryl methyl sites for hydroxylation is 2. The molecule has 0 saturated heterocycles. The summed E-state index contributed by atoms with van der Waals surface area (Å²) in [6.45, 7) is 7.80. The molecule has 1 aromatic carbocycles. The summed E-state index contributed by atoms with van der Waals surface area (Å²) in [5.74, 6) is 0.0846. The first kappa shape index (κ1) is 25.8. The monoisotopic (exact) mass is 499 g/mol. The molecule has 1 fully saturated rings. The number of benzene rings is 1. The summed E-state index contributed by atoms with van der Waals surface area (Å²) < 4.78 is 43.1. The highest BCUT2D eigenvalue weighted by atomic mass is 19.4. The Morgan fingerprint density at radius 1 is 1.06 bits per heavy atom. The van der Waals surface area contributed by atoms with Crippen LogP contribution in [0.2, 0.25) is 0 Å². The van der Waals surface area contributed by atoms with E-state index in [1.54, 1.807) is 19.1 Å². The molecular weight excluding hydrogens is 467 g/mol. The van der Waals surface area contributed by atoms with Crippen LogP contribution in [0.15, 0.2) is 48.7 Å². The Bertz CT molecular complexity index is 1220. The number of carbonyl (C=O) groups is 1. The van der Waals surface area contributed by atoms with Crippen LogP contribution >= 0.6 is 0 Å². The number of alkyl halides is 3. The summed E-state index contributed by atoms with van der Waals surface area (Å²) in [6, 6.07) is 11.7. The van der Waals surface area contributed by atoms with Crippen LogP contribution in [-0.4, -0.2) is 27.8 Å². The first-order valence-electron chi connectivity index (χ1n) is 12.2. The Balaban J connectivity index is 1.50. The number of hydrogen-bond donors (Lipinski definition) is 2. The highest BCUT2D eigenvalue weighted by molar-refractivity contribution is 6.01. The number of aromatic amines is 1. The summed E-state index contributed by atoms with van der Waals surface area (Å²) in [7, 11) is 0. The first-order valence-corrected chi connectivity index (χ1v) is 12.2. The van der Waals surface area contributed by atoms with Crippen molar-refractivity contribution in [2.75, 3.05) is 0 Å². The van der Waals surface area contributed by atoms with Gasteiger partial charge >= 0.3 is 6.36 Å². The molecule has 1 amide bonds. The van der Waals surface area contributed by atoms with E-state index in [1.807, 2.05) is 27.0 Å². The summed E-state index contributed by atoms with van der Waals surface area (Å²) in [6.07, 6.45) is 1.03. The van der Waals surface area contributed by atoms with Crippen molar-refractivity contribution >= 4 is 5.91 Å². The number of para-hydroxylation sites is 1. The first-order chi connectivity index (χ1) is 16.9. The summed E-state index contributed by atoms with van der Waals surface area (Å²) in [5, 5.41) is 3.17. The average Bonchev–Trinajstić information content (AvgIpc) is 3.20. The third-order valence-electron chi connectivity index (χ3n) is 7.15. The van der Waals surface area contributed by atoms with E-state index < -0.39 is 11.9 Å². The van der Waals surface area contributed by atoms with Gasteiger partial charge in [0.05, 0.1) is 11.3 Å². The molecule has 2 N–H and O–H groups in total. The van der Waals surface area contributed by atoms with Gasteiger partial charge in [0, 0.05) is 28.7 Å². The minimum absolute atomic E-state index is 0.180. The summed E-state index contributed by atoms with van der Waals surface area (Å²) in [4.78, 5) is 20.8. The van der Waals surface area contributed by atoms with Crippen LogP contribution in [-0.2, 0) is 0 Å². The number of pyridine rings is 1. The molecule has 192 valence electrons. The highest BCUT2D eigenvalue weighted by Crippen LogP contribution is 2.41. The normalized spacial score (nSPS) is 18.6. The SMILES string of the molecule is Cc1cc(C2CCC(C(C)(C)NC(=O)c3cc(C)[nH]c3-c3ccccc3OC(F)(F)F)CC2)ccn1. The van der Waals surface area contributed by atoms with Crippen molar-refractivity contribution in [2.45, 2.75) is 71.2 Å². The van der Waals surface area contributed by atoms with Crippen molar-refractivity contribution in [3.8, 4) is 17.0 Å². The predicted octanol–water partition coefficient (Wildman–Crippen LogP) is 7.07. The second kappa shape index (κ2) is 9.99. The lowest BCUT2D eigenvalue weighted by Crippen LogP contribution is -2.50. The van der Waals surface area contributed by atoms with Gasteiger partial charge in [0.2, 0.25) is 0 Å². The van der Waals surface area contributed by atoms with E-state index in [2.05, 4.69) is 32.2 Å². The largest absolute Gasteiger partial charge is 0.573 e.